The van der Waals surface area contributed by atoms with Crippen molar-refractivity contribution in [3.63, 3.8) is 0 Å². The van der Waals surface area contributed by atoms with E-state index in [4.69, 9.17) is 4.74 Å². The molecule has 1 spiro atoms. The Kier molecular flexibility index (Phi) is 3.90. The van der Waals surface area contributed by atoms with Gasteiger partial charge >= 0.3 is 5.92 Å². The summed E-state index contributed by atoms with van der Waals surface area (Å²) in [5.41, 5.74) is 2.48. The number of ether oxygens (including phenoxy) is 1. The first kappa shape index (κ1) is 18.4. The van der Waals surface area contributed by atoms with Crippen LogP contribution in [0.15, 0.2) is 18.3 Å². The predicted octanol–water partition coefficient (Wildman–Crippen LogP) is 3.24. The normalized spacial score (nSPS) is 19.8. The zero-order valence-electron chi connectivity index (χ0n) is 16.2. The number of nitrogens with zero attached hydrogens (tertiary/aromatic N) is 4. The van der Waals surface area contributed by atoms with Crippen LogP contribution >= 0.6 is 0 Å². The summed E-state index contributed by atoms with van der Waals surface area (Å²) in [4.78, 5) is 26.1. The summed E-state index contributed by atoms with van der Waals surface area (Å²) in [6.07, 6.45) is 3.82. The maximum absolute atomic E-state index is 14.1. The summed E-state index contributed by atoms with van der Waals surface area (Å²) in [6.45, 7) is 3.83. The molecule has 1 N–H and O–H groups in total. The van der Waals surface area contributed by atoms with Gasteiger partial charge in [0.15, 0.2) is 0 Å². The van der Waals surface area contributed by atoms with Crippen molar-refractivity contribution < 1.29 is 18.3 Å². The van der Waals surface area contributed by atoms with Crippen LogP contribution in [-0.2, 0) is 20.9 Å². The molecule has 4 heterocycles. The Balaban J connectivity index is 1.60. The average Bonchev–Trinajstić information content (AvgIpc) is 3.29. The fourth-order valence-electron chi connectivity index (χ4n) is 3.98. The van der Waals surface area contributed by atoms with Crippen LogP contribution in [0.25, 0.3) is 0 Å². The fraction of sp³-hybridized carbons (Fsp3) is 0.500. The van der Waals surface area contributed by atoms with E-state index in [2.05, 4.69) is 20.3 Å². The van der Waals surface area contributed by atoms with Crippen LogP contribution in [0.5, 0.6) is 0 Å². The van der Waals surface area contributed by atoms with Crippen LogP contribution in [-0.4, -0.2) is 40.6 Å². The van der Waals surface area contributed by atoms with Crippen molar-refractivity contribution in [3.05, 3.63) is 35.4 Å². The number of carbonyl (C=O) groups is 1. The van der Waals surface area contributed by atoms with Crippen LogP contribution in [0.3, 0.4) is 0 Å². The molecule has 0 atom stereocenters. The van der Waals surface area contributed by atoms with E-state index < -0.39 is 11.7 Å². The molecule has 5 rings (SSSR count). The Morgan fingerprint density at radius 1 is 1.31 bits per heavy atom. The minimum atomic E-state index is -3.14. The van der Waals surface area contributed by atoms with Gasteiger partial charge in [-0.15, -0.1) is 0 Å². The smallest absolute Gasteiger partial charge is 0.303 e. The molecule has 152 valence electrons. The monoisotopic (exact) mass is 401 g/mol. The molecular weight excluding hydrogens is 380 g/mol. The highest BCUT2D eigenvalue weighted by molar-refractivity contribution is 5.89. The first-order valence-corrected chi connectivity index (χ1v) is 9.66. The Labute approximate surface area is 166 Å². The zero-order valence-corrected chi connectivity index (χ0v) is 16.2. The number of hydrogen-bond donors (Lipinski definition) is 1. The van der Waals surface area contributed by atoms with Crippen LogP contribution in [0.1, 0.15) is 49.7 Å². The number of rotatable bonds is 4. The third-order valence-electron chi connectivity index (χ3n) is 5.82. The van der Waals surface area contributed by atoms with Gasteiger partial charge in [-0.3, -0.25) is 4.79 Å². The fourth-order valence-corrected chi connectivity index (χ4v) is 3.98. The molecule has 7 nitrogen and oxygen atoms in total. The minimum absolute atomic E-state index is 0.00203. The van der Waals surface area contributed by atoms with E-state index >= 15 is 0 Å². The lowest BCUT2D eigenvalue weighted by Gasteiger charge is -2.28. The van der Waals surface area contributed by atoms with Gasteiger partial charge in [0.2, 0.25) is 11.7 Å². The summed E-state index contributed by atoms with van der Waals surface area (Å²) in [7, 11) is 0. The van der Waals surface area contributed by atoms with E-state index in [1.807, 2.05) is 4.90 Å². The molecule has 1 saturated heterocycles. The first-order chi connectivity index (χ1) is 13.7. The summed E-state index contributed by atoms with van der Waals surface area (Å²) < 4.78 is 33.5. The van der Waals surface area contributed by atoms with E-state index in [9.17, 15) is 13.6 Å². The Morgan fingerprint density at radius 3 is 2.66 bits per heavy atom. The quantitative estimate of drug-likeness (QED) is 0.847. The maximum atomic E-state index is 14.1. The molecule has 0 unspecified atom stereocenters. The number of alkyl halides is 2. The summed E-state index contributed by atoms with van der Waals surface area (Å²) >= 11 is 0. The minimum Gasteiger partial charge on any atom is -0.380 e. The number of pyridine rings is 1. The summed E-state index contributed by atoms with van der Waals surface area (Å²) in [6, 6.07) is 3.58. The highest BCUT2D eigenvalue weighted by atomic mass is 19.3. The van der Waals surface area contributed by atoms with Gasteiger partial charge < -0.3 is 15.0 Å². The third-order valence-corrected chi connectivity index (χ3v) is 5.82. The highest BCUT2D eigenvalue weighted by Gasteiger charge is 2.53. The number of halogens is 2. The SMILES string of the molecule is CC(=O)Nc1cc2c(cn1)C1(CC1)CN2c1cc(C2COC2)nc(C(C)(F)F)n1. The lowest BCUT2D eigenvalue weighted by Crippen LogP contribution is -2.29. The molecule has 2 aliphatic heterocycles. The summed E-state index contributed by atoms with van der Waals surface area (Å²) in [5.74, 6) is -2.96. The molecular formula is C20H21F2N5O2. The van der Waals surface area contributed by atoms with Gasteiger partial charge in [-0.1, -0.05) is 0 Å². The Bertz CT molecular complexity index is 999. The van der Waals surface area contributed by atoms with Crippen molar-refractivity contribution in [1.82, 2.24) is 15.0 Å². The molecule has 9 heteroatoms. The van der Waals surface area contributed by atoms with Gasteiger partial charge in [0.25, 0.3) is 0 Å². The predicted molar refractivity (Wildman–Crippen MR) is 102 cm³/mol. The second-order valence-electron chi connectivity index (χ2n) is 8.23. The average molecular weight is 401 g/mol. The van der Waals surface area contributed by atoms with E-state index in [0.29, 0.717) is 37.1 Å². The molecule has 2 aromatic heterocycles. The van der Waals surface area contributed by atoms with Gasteiger partial charge in [-0.05, 0) is 12.8 Å². The first-order valence-electron chi connectivity index (χ1n) is 9.66. The third kappa shape index (κ3) is 3.13. The lowest BCUT2D eigenvalue weighted by atomic mass is 10.0. The molecule has 0 bridgehead atoms. The second-order valence-corrected chi connectivity index (χ2v) is 8.23. The number of fused-ring (bicyclic) bond motifs is 2. The van der Waals surface area contributed by atoms with Gasteiger partial charge in [-0.25, -0.2) is 15.0 Å². The van der Waals surface area contributed by atoms with Crippen LogP contribution in [0.2, 0.25) is 0 Å². The zero-order chi connectivity index (χ0) is 20.4. The van der Waals surface area contributed by atoms with Gasteiger partial charge in [-0.2, -0.15) is 8.78 Å². The van der Waals surface area contributed by atoms with Crippen molar-refractivity contribution in [2.75, 3.05) is 30.0 Å². The van der Waals surface area contributed by atoms with E-state index in [1.54, 1.807) is 18.3 Å². The standard InChI is InChI=1S/C20H21F2N5O2/c1-11(28)24-16-6-15-13(7-23-16)20(3-4-20)10-27(15)17-5-14(12-8-29-9-12)25-18(26-17)19(2,21)22/h5-7,12H,3-4,8-10H2,1-2H3,(H,23,24,28). The molecule has 0 radical (unpaired) electrons. The molecule has 0 aromatic carbocycles. The van der Waals surface area contributed by atoms with Crippen molar-refractivity contribution in [2.45, 2.75) is 43.9 Å². The molecule has 2 fully saturated rings. The number of nitrogens with one attached hydrogen (secondary N) is 1. The number of carbonyl (C=O) groups excluding carboxylic acids is 1. The van der Waals surface area contributed by atoms with Gasteiger partial charge in [0, 0.05) is 55.6 Å². The van der Waals surface area contributed by atoms with Crippen molar-refractivity contribution in [3.8, 4) is 0 Å². The van der Waals surface area contributed by atoms with Gasteiger partial charge in [0.1, 0.15) is 11.6 Å². The summed E-state index contributed by atoms with van der Waals surface area (Å²) in [5, 5.41) is 2.69. The molecule has 2 aromatic rings. The second kappa shape index (κ2) is 6.16. The number of amides is 1. The molecule has 1 aliphatic carbocycles. The van der Waals surface area contributed by atoms with Crippen LogP contribution < -0.4 is 10.2 Å². The van der Waals surface area contributed by atoms with Crippen LogP contribution in [0, 0.1) is 0 Å². The van der Waals surface area contributed by atoms with E-state index in [0.717, 1.165) is 31.0 Å². The topological polar surface area (TPSA) is 80.2 Å². The van der Waals surface area contributed by atoms with E-state index in [-0.39, 0.29) is 17.2 Å². The largest absolute Gasteiger partial charge is 0.380 e. The van der Waals surface area contributed by atoms with Crippen molar-refractivity contribution in [2.24, 2.45) is 0 Å². The van der Waals surface area contributed by atoms with Crippen LogP contribution in [0.4, 0.5) is 26.1 Å². The van der Waals surface area contributed by atoms with Gasteiger partial charge in [0.05, 0.1) is 24.6 Å². The molecule has 1 saturated carbocycles. The Hall–Kier alpha value is -2.68. The molecule has 29 heavy (non-hydrogen) atoms. The van der Waals surface area contributed by atoms with Crippen molar-refractivity contribution >= 4 is 23.2 Å². The Morgan fingerprint density at radius 2 is 2.07 bits per heavy atom. The van der Waals surface area contributed by atoms with E-state index in [1.165, 1.54) is 6.92 Å². The molecule has 3 aliphatic rings. The van der Waals surface area contributed by atoms with Crippen molar-refractivity contribution in [1.29, 1.82) is 0 Å². The lowest BCUT2D eigenvalue weighted by molar-refractivity contribution is -0.114. The maximum Gasteiger partial charge on any atom is 0.303 e. The number of anilines is 3. The highest BCUT2D eigenvalue weighted by Crippen LogP contribution is 2.58. The molecule has 1 amide bonds. The number of hydrogen-bond acceptors (Lipinski definition) is 6. The number of aromatic nitrogens is 3.